The van der Waals surface area contributed by atoms with Gasteiger partial charge in [-0.3, -0.25) is 9.69 Å². The lowest BCUT2D eigenvalue weighted by Gasteiger charge is -1.97. The van der Waals surface area contributed by atoms with Crippen molar-refractivity contribution in [1.82, 2.24) is 4.90 Å². The van der Waals surface area contributed by atoms with E-state index >= 15 is 0 Å². The molecule has 3 unspecified atom stereocenters. The number of hydrogen-bond donors (Lipinski definition) is 0. The van der Waals surface area contributed by atoms with Gasteiger partial charge in [-0.1, -0.05) is 37.3 Å². The molecule has 1 aromatic carbocycles. The summed E-state index contributed by atoms with van der Waals surface area (Å²) in [7, 11) is 1.44. The maximum absolute atomic E-state index is 11.5. The van der Waals surface area contributed by atoms with Crippen molar-refractivity contribution in [2.45, 2.75) is 19.0 Å². The third kappa shape index (κ3) is 1.75. The Hall–Kier alpha value is -1.35. The lowest BCUT2D eigenvalue weighted by Crippen LogP contribution is -2.14. The number of hydrogen-bond acceptors (Lipinski definition) is 3. The summed E-state index contributed by atoms with van der Waals surface area (Å²) < 4.78 is 4.78. The molecule has 80 valence electrons. The molecule has 0 N–H and O–H groups in total. The summed E-state index contributed by atoms with van der Waals surface area (Å²) in [6.45, 7) is 2.93. The molecule has 15 heavy (non-hydrogen) atoms. The van der Waals surface area contributed by atoms with E-state index in [0.29, 0.717) is 0 Å². The van der Waals surface area contributed by atoms with E-state index < -0.39 is 0 Å². The van der Waals surface area contributed by atoms with Crippen molar-refractivity contribution in [3.63, 3.8) is 0 Å². The molecule has 0 aromatic heterocycles. The average molecular weight is 205 g/mol. The minimum Gasteiger partial charge on any atom is -0.468 e. The number of carbonyl (C=O) groups excluding carboxylic acids is 1. The van der Waals surface area contributed by atoms with Crippen LogP contribution in [0.4, 0.5) is 0 Å². The molecule has 0 saturated carbocycles. The molecule has 1 aromatic rings. The van der Waals surface area contributed by atoms with Crippen LogP contribution in [0.15, 0.2) is 30.3 Å². The van der Waals surface area contributed by atoms with Crippen LogP contribution in [0.25, 0.3) is 0 Å². The Morgan fingerprint density at radius 2 is 2.07 bits per heavy atom. The van der Waals surface area contributed by atoms with E-state index in [1.54, 1.807) is 0 Å². The van der Waals surface area contributed by atoms with Crippen LogP contribution < -0.4 is 0 Å². The highest BCUT2D eigenvalue weighted by molar-refractivity contribution is 5.80. The van der Waals surface area contributed by atoms with Crippen molar-refractivity contribution in [3.8, 4) is 0 Å². The molecule has 0 spiro atoms. The summed E-state index contributed by atoms with van der Waals surface area (Å²) in [6.07, 6.45) is 0. The summed E-state index contributed by atoms with van der Waals surface area (Å²) in [5.41, 5.74) is 1.19. The van der Waals surface area contributed by atoms with Gasteiger partial charge in [0.1, 0.15) is 6.04 Å². The van der Waals surface area contributed by atoms with Gasteiger partial charge in [0, 0.05) is 0 Å². The van der Waals surface area contributed by atoms with Crippen molar-refractivity contribution >= 4 is 5.97 Å². The smallest absolute Gasteiger partial charge is 0.325 e. The molecule has 1 fully saturated rings. The maximum atomic E-state index is 11.5. The van der Waals surface area contributed by atoms with Gasteiger partial charge in [-0.15, -0.1) is 0 Å². The van der Waals surface area contributed by atoms with Gasteiger partial charge in [-0.05, 0) is 12.1 Å². The third-order valence-electron chi connectivity index (χ3n) is 2.87. The van der Waals surface area contributed by atoms with Crippen LogP contribution in [0.1, 0.15) is 18.5 Å². The van der Waals surface area contributed by atoms with E-state index in [0.717, 1.165) is 6.54 Å². The lowest BCUT2D eigenvalue weighted by atomic mass is 10.1. The van der Waals surface area contributed by atoms with Gasteiger partial charge >= 0.3 is 5.97 Å². The van der Waals surface area contributed by atoms with Crippen LogP contribution in [-0.4, -0.2) is 30.6 Å². The van der Waals surface area contributed by atoms with Gasteiger partial charge in [-0.2, -0.15) is 0 Å². The fourth-order valence-electron chi connectivity index (χ4n) is 2.08. The SMILES string of the molecule is CCN1C(C(=O)OC)C1c1ccccc1. The number of rotatable bonds is 3. The Morgan fingerprint density at radius 1 is 1.40 bits per heavy atom. The second-order valence-electron chi connectivity index (χ2n) is 3.65. The number of esters is 1. The second kappa shape index (κ2) is 4.03. The molecule has 0 bridgehead atoms. The summed E-state index contributed by atoms with van der Waals surface area (Å²) >= 11 is 0. The molecule has 0 aliphatic carbocycles. The Labute approximate surface area is 89.7 Å². The standard InChI is InChI=1S/C12H15NO2/c1-3-13-10(11(13)12(14)15-2)9-7-5-4-6-8-9/h4-8,10-11H,3H2,1-2H3. The topological polar surface area (TPSA) is 29.3 Å². The molecule has 1 saturated heterocycles. The summed E-state index contributed by atoms with van der Waals surface area (Å²) in [4.78, 5) is 13.6. The quantitative estimate of drug-likeness (QED) is 0.554. The number of ether oxygens (including phenoxy) is 1. The molecule has 0 amide bonds. The summed E-state index contributed by atoms with van der Waals surface area (Å²) in [5.74, 6) is -0.134. The minimum atomic E-state index is -0.134. The van der Waals surface area contributed by atoms with Gasteiger partial charge in [0.05, 0.1) is 13.2 Å². The summed E-state index contributed by atoms with van der Waals surface area (Å²) in [5, 5.41) is 0. The van der Waals surface area contributed by atoms with Gasteiger partial charge in [0.2, 0.25) is 0 Å². The number of carbonyl (C=O) groups is 1. The van der Waals surface area contributed by atoms with Crippen molar-refractivity contribution in [2.75, 3.05) is 13.7 Å². The average Bonchev–Trinajstić information content (AvgIpc) is 3.03. The molecule has 3 heteroatoms. The Balaban J connectivity index is 2.15. The molecular weight excluding hydrogens is 190 g/mol. The van der Waals surface area contributed by atoms with Crippen LogP contribution in [0.3, 0.4) is 0 Å². The molecule has 1 heterocycles. The minimum absolute atomic E-state index is 0.0811. The van der Waals surface area contributed by atoms with Crippen LogP contribution in [-0.2, 0) is 9.53 Å². The Kier molecular flexibility index (Phi) is 2.73. The maximum Gasteiger partial charge on any atom is 0.325 e. The lowest BCUT2D eigenvalue weighted by molar-refractivity contribution is -0.140. The predicted octanol–water partition coefficient (Wildman–Crippen LogP) is 1.60. The molecule has 2 rings (SSSR count). The molecule has 3 nitrogen and oxygen atoms in total. The van der Waals surface area contributed by atoms with E-state index in [4.69, 9.17) is 4.74 Å². The number of methoxy groups -OCH3 is 1. The Morgan fingerprint density at radius 3 is 2.60 bits per heavy atom. The fraction of sp³-hybridized carbons (Fsp3) is 0.417. The van der Waals surface area contributed by atoms with Gasteiger partial charge in [-0.25, -0.2) is 0 Å². The Bertz CT molecular complexity index is 350. The number of likely N-dealkylation sites (N-methyl/N-ethyl adjacent to an activating group) is 1. The predicted molar refractivity (Wildman–Crippen MR) is 57.4 cm³/mol. The van der Waals surface area contributed by atoms with Crippen molar-refractivity contribution in [3.05, 3.63) is 35.9 Å². The largest absolute Gasteiger partial charge is 0.468 e. The van der Waals surface area contributed by atoms with Crippen molar-refractivity contribution in [1.29, 1.82) is 0 Å². The van der Waals surface area contributed by atoms with Crippen LogP contribution in [0.5, 0.6) is 0 Å². The molecular formula is C12H15NO2. The molecule has 1 aliphatic heterocycles. The van der Waals surface area contributed by atoms with E-state index in [1.807, 2.05) is 18.2 Å². The summed E-state index contributed by atoms with van der Waals surface area (Å²) in [6, 6.07) is 10.2. The second-order valence-corrected chi connectivity index (χ2v) is 3.65. The highest BCUT2D eigenvalue weighted by Gasteiger charge is 2.52. The normalized spacial score (nSPS) is 28.5. The monoisotopic (exact) mass is 205 g/mol. The first-order chi connectivity index (χ1) is 7.29. The number of nitrogens with zero attached hydrogens (tertiary/aromatic N) is 1. The highest BCUT2D eigenvalue weighted by Crippen LogP contribution is 2.42. The first kappa shape index (κ1) is 10.2. The third-order valence-corrected chi connectivity index (χ3v) is 2.87. The van der Waals surface area contributed by atoms with Crippen LogP contribution in [0, 0.1) is 0 Å². The van der Waals surface area contributed by atoms with Gasteiger partial charge in [0.25, 0.3) is 0 Å². The van der Waals surface area contributed by atoms with Crippen LogP contribution in [0.2, 0.25) is 0 Å². The zero-order valence-corrected chi connectivity index (χ0v) is 9.01. The fourth-order valence-corrected chi connectivity index (χ4v) is 2.08. The van der Waals surface area contributed by atoms with Gasteiger partial charge in [0.15, 0.2) is 0 Å². The first-order valence-electron chi connectivity index (χ1n) is 5.18. The molecule has 1 aliphatic rings. The van der Waals surface area contributed by atoms with Crippen molar-refractivity contribution < 1.29 is 9.53 Å². The van der Waals surface area contributed by atoms with Gasteiger partial charge < -0.3 is 4.74 Å². The molecule has 3 atom stereocenters. The zero-order valence-electron chi connectivity index (χ0n) is 9.01. The highest BCUT2D eigenvalue weighted by atomic mass is 16.5. The molecule has 0 radical (unpaired) electrons. The van der Waals surface area contributed by atoms with E-state index in [9.17, 15) is 4.79 Å². The van der Waals surface area contributed by atoms with E-state index in [-0.39, 0.29) is 18.1 Å². The van der Waals surface area contributed by atoms with E-state index in [2.05, 4.69) is 24.0 Å². The zero-order chi connectivity index (χ0) is 10.8. The van der Waals surface area contributed by atoms with Crippen LogP contribution >= 0.6 is 0 Å². The number of benzene rings is 1. The first-order valence-corrected chi connectivity index (χ1v) is 5.18. The van der Waals surface area contributed by atoms with Crippen molar-refractivity contribution in [2.24, 2.45) is 0 Å². The van der Waals surface area contributed by atoms with E-state index in [1.165, 1.54) is 12.7 Å².